The number of benzene rings is 1. The van der Waals surface area contributed by atoms with Crippen molar-refractivity contribution in [1.29, 1.82) is 0 Å². The molecule has 1 aliphatic heterocycles. The maximum absolute atomic E-state index is 10.9. The zero-order valence-electron chi connectivity index (χ0n) is 7.76. The fourth-order valence-electron chi connectivity index (χ4n) is 1.49. The summed E-state index contributed by atoms with van der Waals surface area (Å²) in [6.45, 7) is 2.15. The number of halogens is 1. The van der Waals surface area contributed by atoms with Crippen LogP contribution in [0.25, 0.3) is 0 Å². The van der Waals surface area contributed by atoms with E-state index in [-0.39, 0.29) is 5.91 Å². The van der Waals surface area contributed by atoms with Crippen LogP contribution in [0.4, 0.5) is 5.69 Å². The van der Waals surface area contributed by atoms with Gasteiger partial charge in [0.1, 0.15) is 5.75 Å². The van der Waals surface area contributed by atoms with E-state index in [1.165, 1.54) is 6.92 Å². The van der Waals surface area contributed by atoms with Crippen molar-refractivity contribution in [2.75, 3.05) is 11.9 Å². The molecule has 0 unspecified atom stereocenters. The molecule has 0 saturated carbocycles. The fraction of sp³-hybridized carbons (Fsp3) is 0.300. The lowest BCUT2D eigenvalue weighted by Gasteiger charge is -2.07. The zero-order valence-corrected chi connectivity index (χ0v) is 8.52. The predicted molar refractivity (Wildman–Crippen MR) is 55.0 cm³/mol. The van der Waals surface area contributed by atoms with E-state index >= 15 is 0 Å². The molecule has 0 aromatic heterocycles. The van der Waals surface area contributed by atoms with Gasteiger partial charge in [0.15, 0.2) is 0 Å². The van der Waals surface area contributed by atoms with E-state index in [0.29, 0.717) is 17.3 Å². The molecule has 0 atom stereocenters. The van der Waals surface area contributed by atoms with E-state index < -0.39 is 0 Å². The molecule has 0 radical (unpaired) electrons. The first-order valence-electron chi connectivity index (χ1n) is 4.39. The van der Waals surface area contributed by atoms with Gasteiger partial charge >= 0.3 is 0 Å². The van der Waals surface area contributed by atoms with Crippen LogP contribution in [0.3, 0.4) is 0 Å². The second-order valence-corrected chi connectivity index (χ2v) is 3.63. The second-order valence-electron chi connectivity index (χ2n) is 3.22. The Morgan fingerprint density at radius 2 is 2.36 bits per heavy atom. The van der Waals surface area contributed by atoms with Gasteiger partial charge in [0.25, 0.3) is 0 Å². The predicted octanol–water partition coefficient (Wildman–Crippen LogP) is 2.23. The minimum Gasteiger partial charge on any atom is -0.493 e. The molecule has 1 heterocycles. The fourth-order valence-corrected chi connectivity index (χ4v) is 1.69. The summed E-state index contributed by atoms with van der Waals surface area (Å²) < 4.78 is 5.34. The molecular formula is C10H10ClNO2. The number of ether oxygens (including phenoxy) is 1. The first-order valence-corrected chi connectivity index (χ1v) is 4.77. The highest BCUT2D eigenvalue weighted by atomic mass is 35.5. The molecule has 1 aromatic carbocycles. The van der Waals surface area contributed by atoms with E-state index in [1.807, 2.05) is 6.07 Å². The van der Waals surface area contributed by atoms with Gasteiger partial charge in [-0.2, -0.15) is 0 Å². The highest BCUT2D eigenvalue weighted by Crippen LogP contribution is 2.34. The summed E-state index contributed by atoms with van der Waals surface area (Å²) >= 11 is 5.96. The van der Waals surface area contributed by atoms with Gasteiger partial charge in [-0.3, -0.25) is 4.79 Å². The maximum atomic E-state index is 10.9. The van der Waals surface area contributed by atoms with Crippen molar-refractivity contribution in [1.82, 2.24) is 0 Å². The van der Waals surface area contributed by atoms with Crippen LogP contribution in [0, 0.1) is 0 Å². The van der Waals surface area contributed by atoms with Crippen molar-refractivity contribution in [3.63, 3.8) is 0 Å². The highest BCUT2D eigenvalue weighted by Gasteiger charge is 2.15. The zero-order chi connectivity index (χ0) is 10.1. The van der Waals surface area contributed by atoms with Crippen molar-refractivity contribution in [3.05, 3.63) is 22.7 Å². The molecule has 4 heteroatoms. The Kier molecular flexibility index (Phi) is 2.33. The quantitative estimate of drug-likeness (QED) is 0.774. The van der Waals surface area contributed by atoms with E-state index in [9.17, 15) is 4.79 Å². The molecule has 1 aliphatic rings. The monoisotopic (exact) mass is 211 g/mol. The van der Waals surface area contributed by atoms with Crippen LogP contribution in [-0.2, 0) is 11.2 Å². The van der Waals surface area contributed by atoms with Gasteiger partial charge in [0, 0.05) is 19.4 Å². The van der Waals surface area contributed by atoms with Gasteiger partial charge in [-0.25, -0.2) is 0 Å². The van der Waals surface area contributed by atoms with Gasteiger partial charge in [0.2, 0.25) is 5.91 Å². The summed E-state index contributed by atoms with van der Waals surface area (Å²) in [7, 11) is 0. The minimum atomic E-state index is -0.120. The van der Waals surface area contributed by atoms with Crippen LogP contribution in [0.15, 0.2) is 12.1 Å². The number of carbonyl (C=O) groups is 1. The van der Waals surface area contributed by atoms with Crippen LogP contribution in [0.5, 0.6) is 5.75 Å². The summed E-state index contributed by atoms with van der Waals surface area (Å²) in [4.78, 5) is 10.9. The lowest BCUT2D eigenvalue weighted by molar-refractivity contribution is -0.114. The van der Waals surface area contributed by atoms with Crippen LogP contribution < -0.4 is 10.1 Å². The third-order valence-electron chi connectivity index (χ3n) is 2.09. The van der Waals surface area contributed by atoms with Crippen LogP contribution in [0.1, 0.15) is 12.5 Å². The lowest BCUT2D eigenvalue weighted by atomic mass is 10.1. The molecule has 3 nitrogen and oxygen atoms in total. The molecule has 0 aliphatic carbocycles. The number of hydrogen-bond donors (Lipinski definition) is 1. The van der Waals surface area contributed by atoms with Gasteiger partial charge in [-0.05, 0) is 11.6 Å². The smallest absolute Gasteiger partial charge is 0.221 e. The Morgan fingerprint density at radius 1 is 1.57 bits per heavy atom. The number of nitrogens with one attached hydrogen (secondary N) is 1. The number of carbonyl (C=O) groups excluding carboxylic acids is 1. The summed E-state index contributed by atoms with van der Waals surface area (Å²) in [6, 6.07) is 3.61. The van der Waals surface area contributed by atoms with Crippen molar-refractivity contribution in [2.45, 2.75) is 13.3 Å². The molecule has 0 spiro atoms. The maximum Gasteiger partial charge on any atom is 0.221 e. The molecule has 1 N–H and O–H groups in total. The Bertz CT molecular complexity index is 390. The van der Waals surface area contributed by atoms with Crippen LogP contribution in [-0.4, -0.2) is 12.5 Å². The second kappa shape index (κ2) is 3.50. The SMILES string of the molecule is CC(=O)Nc1cc2c(cc1Cl)OCC2. The van der Waals surface area contributed by atoms with Crippen molar-refractivity contribution >= 4 is 23.2 Å². The van der Waals surface area contributed by atoms with Gasteiger partial charge in [0.05, 0.1) is 17.3 Å². The topological polar surface area (TPSA) is 38.3 Å². The van der Waals surface area contributed by atoms with Gasteiger partial charge in [-0.1, -0.05) is 11.6 Å². The first kappa shape index (κ1) is 9.34. The van der Waals surface area contributed by atoms with Crippen molar-refractivity contribution in [2.24, 2.45) is 0 Å². The highest BCUT2D eigenvalue weighted by molar-refractivity contribution is 6.33. The minimum absolute atomic E-state index is 0.120. The number of amides is 1. The Labute approximate surface area is 87.0 Å². The van der Waals surface area contributed by atoms with Gasteiger partial charge in [-0.15, -0.1) is 0 Å². The molecule has 2 rings (SSSR count). The molecule has 1 amide bonds. The number of fused-ring (bicyclic) bond motifs is 1. The molecule has 1 aromatic rings. The molecule has 14 heavy (non-hydrogen) atoms. The summed E-state index contributed by atoms with van der Waals surface area (Å²) in [6.07, 6.45) is 0.874. The number of hydrogen-bond acceptors (Lipinski definition) is 2. The van der Waals surface area contributed by atoms with Gasteiger partial charge < -0.3 is 10.1 Å². The standard InChI is InChI=1S/C10H10ClNO2/c1-6(13)12-9-4-7-2-3-14-10(7)5-8(9)11/h4-5H,2-3H2,1H3,(H,12,13). The molecule has 74 valence electrons. The number of rotatable bonds is 1. The van der Waals surface area contributed by atoms with Crippen molar-refractivity contribution in [3.8, 4) is 5.75 Å². The Balaban J connectivity index is 2.37. The Morgan fingerprint density at radius 3 is 3.07 bits per heavy atom. The van der Waals surface area contributed by atoms with Crippen LogP contribution in [0.2, 0.25) is 5.02 Å². The molecule has 0 bridgehead atoms. The molecule has 0 fully saturated rings. The van der Waals surface area contributed by atoms with Crippen molar-refractivity contribution < 1.29 is 9.53 Å². The third kappa shape index (κ3) is 1.68. The van der Waals surface area contributed by atoms with E-state index in [0.717, 1.165) is 17.7 Å². The van der Waals surface area contributed by atoms with E-state index in [2.05, 4.69) is 5.32 Å². The summed E-state index contributed by atoms with van der Waals surface area (Å²) in [5.74, 6) is 0.704. The normalized spacial score (nSPS) is 13.3. The average Bonchev–Trinajstić information content (AvgIpc) is 2.51. The third-order valence-corrected chi connectivity index (χ3v) is 2.40. The molecular weight excluding hydrogens is 202 g/mol. The summed E-state index contributed by atoms with van der Waals surface area (Å²) in [5.41, 5.74) is 1.75. The lowest BCUT2D eigenvalue weighted by Crippen LogP contribution is -2.06. The largest absolute Gasteiger partial charge is 0.493 e. The number of anilines is 1. The average molecular weight is 212 g/mol. The summed E-state index contributed by atoms with van der Waals surface area (Å²) in [5, 5.41) is 3.19. The van der Waals surface area contributed by atoms with Crippen LogP contribution >= 0.6 is 11.6 Å². The van der Waals surface area contributed by atoms with E-state index in [1.54, 1.807) is 6.07 Å². The first-order chi connectivity index (χ1) is 6.66. The molecule has 0 saturated heterocycles. The van der Waals surface area contributed by atoms with E-state index in [4.69, 9.17) is 16.3 Å². The Hall–Kier alpha value is -1.22.